The molecule has 0 saturated carbocycles. The van der Waals surface area contributed by atoms with Crippen molar-refractivity contribution in [1.82, 2.24) is 0 Å². The van der Waals surface area contributed by atoms with Crippen molar-refractivity contribution in [2.24, 2.45) is 0 Å². The van der Waals surface area contributed by atoms with E-state index in [1.54, 1.807) is 37.4 Å². The molecule has 0 aliphatic heterocycles. The van der Waals surface area contributed by atoms with Gasteiger partial charge in [0.2, 0.25) is 5.91 Å². The summed E-state index contributed by atoms with van der Waals surface area (Å²) in [6, 6.07) is 12.3. The summed E-state index contributed by atoms with van der Waals surface area (Å²) in [7, 11) is 1.54. The van der Waals surface area contributed by atoms with Gasteiger partial charge >= 0.3 is 0 Å². The first-order valence-electron chi connectivity index (χ1n) is 6.58. The number of benzene rings is 2. The number of carbonyl (C=O) groups is 2. The average Bonchev–Trinajstić information content (AvgIpc) is 2.46. The van der Waals surface area contributed by atoms with Gasteiger partial charge in [-0.05, 0) is 43.3 Å². The van der Waals surface area contributed by atoms with Crippen LogP contribution in [0.1, 0.15) is 28.4 Å². The Morgan fingerprint density at radius 3 is 2.29 bits per heavy atom. The fourth-order valence-electron chi connectivity index (χ4n) is 2.06. The first-order valence-corrected chi connectivity index (χ1v) is 6.58. The predicted molar refractivity (Wildman–Crippen MR) is 81.9 cm³/mol. The summed E-state index contributed by atoms with van der Waals surface area (Å²) in [5.74, 6) is 0.302. The maximum atomic E-state index is 12.5. The van der Waals surface area contributed by atoms with Crippen LogP contribution in [-0.4, -0.2) is 18.8 Å². The number of ether oxygens (including phenoxy) is 1. The third kappa shape index (κ3) is 3.48. The Morgan fingerprint density at radius 2 is 1.71 bits per heavy atom. The third-order valence-corrected chi connectivity index (χ3v) is 3.07. The molecule has 0 saturated heterocycles. The lowest BCUT2D eigenvalue weighted by molar-refractivity contribution is -0.114. The van der Waals surface area contributed by atoms with Gasteiger partial charge in [-0.15, -0.1) is 0 Å². The Morgan fingerprint density at radius 1 is 1.05 bits per heavy atom. The highest BCUT2D eigenvalue weighted by Crippen LogP contribution is 2.23. The van der Waals surface area contributed by atoms with Gasteiger partial charge in [0.05, 0.1) is 12.7 Å². The van der Waals surface area contributed by atoms with Gasteiger partial charge < -0.3 is 10.1 Å². The smallest absolute Gasteiger partial charge is 0.221 e. The zero-order valence-corrected chi connectivity index (χ0v) is 12.3. The number of methoxy groups -OCH3 is 1. The molecule has 0 heterocycles. The molecule has 4 nitrogen and oxygen atoms in total. The molecule has 0 aliphatic rings. The minimum Gasteiger partial charge on any atom is -0.496 e. The maximum absolute atomic E-state index is 12.5. The molecule has 0 unspecified atom stereocenters. The maximum Gasteiger partial charge on any atom is 0.221 e. The van der Waals surface area contributed by atoms with Crippen molar-refractivity contribution in [3.05, 3.63) is 59.2 Å². The Balaban J connectivity index is 2.32. The monoisotopic (exact) mass is 283 g/mol. The summed E-state index contributed by atoms with van der Waals surface area (Å²) in [4.78, 5) is 23.5. The lowest BCUT2D eigenvalue weighted by atomic mass is 10.0. The number of anilines is 1. The quantitative estimate of drug-likeness (QED) is 0.877. The summed E-state index contributed by atoms with van der Waals surface area (Å²) in [6.07, 6.45) is 0. The van der Waals surface area contributed by atoms with Crippen LogP contribution in [0.25, 0.3) is 0 Å². The van der Waals surface area contributed by atoms with Crippen LogP contribution in [0.4, 0.5) is 5.69 Å². The molecule has 2 aromatic rings. The number of rotatable bonds is 4. The molecule has 0 aromatic heterocycles. The van der Waals surface area contributed by atoms with E-state index >= 15 is 0 Å². The normalized spacial score (nSPS) is 10.0. The third-order valence-electron chi connectivity index (χ3n) is 3.07. The summed E-state index contributed by atoms with van der Waals surface area (Å²) in [5, 5.41) is 2.67. The highest BCUT2D eigenvalue weighted by Gasteiger charge is 2.14. The van der Waals surface area contributed by atoms with Crippen molar-refractivity contribution < 1.29 is 14.3 Å². The second kappa shape index (κ2) is 6.22. The van der Waals surface area contributed by atoms with E-state index < -0.39 is 0 Å². The first-order chi connectivity index (χ1) is 10.0. The van der Waals surface area contributed by atoms with Crippen LogP contribution in [-0.2, 0) is 4.79 Å². The summed E-state index contributed by atoms with van der Waals surface area (Å²) < 4.78 is 5.24. The van der Waals surface area contributed by atoms with Crippen LogP contribution in [0.15, 0.2) is 42.5 Å². The van der Waals surface area contributed by atoms with Gasteiger partial charge in [0.25, 0.3) is 0 Å². The SMILES string of the molecule is COc1ccc(C)cc1C(=O)c1ccc(NC(C)=O)cc1. The van der Waals surface area contributed by atoms with Gasteiger partial charge in [0.1, 0.15) is 5.75 Å². The molecule has 0 aliphatic carbocycles. The number of aryl methyl sites for hydroxylation is 1. The van der Waals surface area contributed by atoms with Gasteiger partial charge in [-0.1, -0.05) is 11.6 Å². The Kier molecular flexibility index (Phi) is 4.38. The van der Waals surface area contributed by atoms with E-state index in [9.17, 15) is 9.59 Å². The number of nitrogens with one attached hydrogen (secondary N) is 1. The van der Waals surface area contributed by atoms with E-state index in [-0.39, 0.29) is 11.7 Å². The van der Waals surface area contributed by atoms with E-state index in [1.165, 1.54) is 6.92 Å². The highest BCUT2D eigenvalue weighted by molar-refractivity contribution is 6.11. The minimum absolute atomic E-state index is 0.107. The van der Waals surface area contributed by atoms with Crippen molar-refractivity contribution in [3.63, 3.8) is 0 Å². The molecule has 0 spiro atoms. The first kappa shape index (κ1) is 14.8. The van der Waals surface area contributed by atoms with Gasteiger partial charge in [-0.2, -0.15) is 0 Å². The topological polar surface area (TPSA) is 55.4 Å². The zero-order chi connectivity index (χ0) is 15.4. The molecule has 0 fully saturated rings. The van der Waals surface area contributed by atoms with E-state index in [0.717, 1.165) is 5.56 Å². The molecule has 4 heteroatoms. The Hall–Kier alpha value is -2.62. The van der Waals surface area contributed by atoms with Gasteiger partial charge in [0.15, 0.2) is 5.78 Å². The molecule has 2 aromatic carbocycles. The fourth-order valence-corrected chi connectivity index (χ4v) is 2.06. The fraction of sp³-hybridized carbons (Fsp3) is 0.176. The summed E-state index contributed by atoms with van der Waals surface area (Å²) in [5.41, 5.74) is 2.74. The van der Waals surface area contributed by atoms with Crippen molar-refractivity contribution in [2.45, 2.75) is 13.8 Å². The van der Waals surface area contributed by atoms with E-state index in [0.29, 0.717) is 22.6 Å². The number of amides is 1. The summed E-state index contributed by atoms with van der Waals surface area (Å²) in [6.45, 7) is 3.37. The minimum atomic E-state index is -0.144. The zero-order valence-electron chi connectivity index (χ0n) is 12.3. The highest BCUT2D eigenvalue weighted by atomic mass is 16.5. The van der Waals surface area contributed by atoms with Crippen LogP contribution < -0.4 is 10.1 Å². The molecular formula is C17H17NO3. The standard InChI is InChI=1S/C17H17NO3/c1-11-4-9-16(21-3)15(10-11)17(20)13-5-7-14(8-6-13)18-12(2)19/h4-10H,1-3H3,(H,18,19). The molecule has 0 radical (unpaired) electrons. The van der Waals surface area contributed by atoms with Gasteiger partial charge in [0, 0.05) is 18.2 Å². The molecule has 1 N–H and O–H groups in total. The molecular weight excluding hydrogens is 266 g/mol. The molecule has 2 rings (SSSR count). The second-order valence-electron chi connectivity index (χ2n) is 4.79. The molecule has 0 bridgehead atoms. The number of ketones is 1. The van der Waals surface area contributed by atoms with E-state index in [1.807, 2.05) is 19.1 Å². The van der Waals surface area contributed by atoms with Crippen molar-refractivity contribution in [1.29, 1.82) is 0 Å². The van der Waals surface area contributed by atoms with Gasteiger partial charge in [-0.3, -0.25) is 9.59 Å². The van der Waals surface area contributed by atoms with Crippen LogP contribution >= 0.6 is 0 Å². The van der Waals surface area contributed by atoms with Crippen LogP contribution in [0.2, 0.25) is 0 Å². The molecule has 0 atom stereocenters. The number of carbonyl (C=O) groups excluding carboxylic acids is 2. The molecule has 1 amide bonds. The van der Waals surface area contributed by atoms with Crippen molar-refractivity contribution in [3.8, 4) is 5.75 Å². The van der Waals surface area contributed by atoms with Crippen LogP contribution in [0.3, 0.4) is 0 Å². The Labute approximate surface area is 123 Å². The van der Waals surface area contributed by atoms with E-state index in [4.69, 9.17) is 4.74 Å². The van der Waals surface area contributed by atoms with Crippen molar-refractivity contribution >= 4 is 17.4 Å². The summed E-state index contributed by atoms with van der Waals surface area (Å²) >= 11 is 0. The molecule has 108 valence electrons. The predicted octanol–water partition coefficient (Wildman–Crippen LogP) is 3.19. The van der Waals surface area contributed by atoms with Crippen molar-refractivity contribution in [2.75, 3.05) is 12.4 Å². The second-order valence-corrected chi connectivity index (χ2v) is 4.79. The number of hydrogen-bond donors (Lipinski definition) is 1. The Bertz CT molecular complexity index is 675. The largest absolute Gasteiger partial charge is 0.496 e. The number of hydrogen-bond acceptors (Lipinski definition) is 3. The van der Waals surface area contributed by atoms with Crippen LogP contribution in [0.5, 0.6) is 5.75 Å². The lowest BCUT2D eigenvalue weighted by Gasteiger charge is -2.09. The van der Waals surface area contributed by atoms with Crippen LogP contribution in [0, 0.1) is 6.92 Å². The van der Waals surface area contributed by atoms with E-state index in [2.05, 4.69) is 5.32 Å². The lowest BCUT2D eigenvalue weighted by Crippen LogP contribution is -2.07. The van der Waals surface area contributed by atoms with Gasteiger partial charge in [-0.25, -0.2) is 0 Å². The molecule has 21 heavy (non-hydrogen) atoms. The average molecular weight is 283 g/mol.